The van der Waals surface area contributed by atoms with Crippen molar-refractivity contribution in [1.82, 2.24) is 14.1 Å². The topological polar surface area (TPSA) is 37.8 Å². The van der Waals surface area contributed by atoms with Crippen LogP contribution in [0.15, 0.2) is 6.20 Å². The summed E-state index contributed by atoms with van der Waals surface area (Å²) in [7, 11) is 2.01. The molecule has 0 aliphatic carbocycles. The number of rotatable bonds is 13. The van der Waals surface area contributed by atoms with E-state index in [0.717, 1.165) is 5.69 Å². The fraction of sp³-hybridized carbons (Fsp3) is 0.875. The lowest BCUT2D eigenvalue weighted by Gasteiger charge is -2.12. The highest BCUT2D eigenvalue weighted by Crippen LogP contribution is 2.19. The summed E-state index contributed by atoms with van der Waals surface area (Å²) in [6.45, 7) is 2.28. The first kappa shape index (κ1) is 17.6. The minimum Gasteiger partial charge on any atom is -0.312 e. The van der Waals surface area contributed by atoms with Crippen molar-refractivity contribution < 1.29 is 0 Å². The fourth-order valence-corrected chi connectivity index (χ4v) is 3.07. The third kappa shape index (κ3) is 7.95. The number of nitrogens with one attached hydrogen (secondary N) is 1. The Morgan fingerprint density at radius 3 is 2.10 bits per heavy atom. The van der Waals surface area contributed by atoms with Crippen LogP contribution in [0.1, 0.15) is 89.3 Å². The SMILES string of the molecule is CCCCCCCCCCCCC(NC)c1cnsn1. The van der Waals surface area contributed by atoms with Gasteiger partial charge in [0.25, 0.3) is 0 Å². The lowest BCUT2D eigenvalue weighted by atomic mass is 10.0. The first-order chi connectivity index (χ1) is 9.88. The molecular weight excluding hydrogens is 266 g/mol. The van der Waals surface area contributed by atoms with E-state index in [2.05, 4.69) is 21.0 Å². The van der Waals surface area contributed by atoms with Gasteiger partial charge in [-0.25, -0.2) is 0 Å². The Labute approximate surface area is 128 Å². The molecule has 20 heavy (non-hydrogen) atoms. The predicted molar refractivity (Wildman–Crippen MR) is 88.2 cm³/mol. The Balaban J connectivity index is 1.91. The van der Waals surface area contributed by atoms with Crippen LogP contribution in [0.2, 0.25) is 0 Å². The molecule has 1 unspecified atom stereocenters. The van der Waals surface area contributed by atoms with Crippen LogP contribution in [0.5, 0.6) is 0 Å². The molecule has 3 nitrogen and oxygen atoms in total. The molecule has 1 heterocycles. The quantitative estimate of drug-likeness (QED) is 0.514. The number of nitrogens with zero attached hydrogens (tertiary/aromatic N) is 2. The van der Waals surface area contributed by atoms with Crippen molar-refractivity contribution in [2.24, 2.45) is 0 Å². The van der Waals surface area contributed by atoms with E-state index in [1.807, 2.05) is 13.2 Å². The number of hydrogen-bond acceptors (Lipinski definition) is 4. The second-order valence-corrected chi connectivity index (χ2v) is 6.20. The molecule has 0 radical (unpaired) electrons. The zero-order chi connectivity index (χ0) is 14.5. The van der Waals surface area contributed by atoms with Crippen molar-refractivity contribution in [3.63, 3.8) is 0 Å². The Hall–Kier alpha value is -0.480. The van der Waals surface area contributed by atoms with Crippen molar-refractivity contribution in [2.45, 2.75) is 83.6 Å². The van der Waals surface area contributed by atoms with Gasteiger partial charge in [-0.3, -0.25) is 0 Å². The zero-order valence-electron chi connectivity index (χ0n) is 13.2. The smallest absolute Gasteiger partial charge is 0.0912 e. The van der Waals surface area contributed by atoms with Gasteiger partial charge in [-0.05, 0) is 13.5 Å². The van der Waals surface area contributed by atoms with Gasteiger partial charge in [0.1, 0.15) is 0 Å². The largest absolute Gasteiger partial charge is 0.312 e. The fourth-order valence-electron chi connectivity index (χ4n) is 2.60. The highest BCUT2D eigenvalue weighted by Gasteiger charge is 2.10. The maximum atomic E-state index is 4.32. The summed E-state index contributed by atoms with van der Waals surface area (Å²) in [5.74, 6) is 0. The first-order valence-corrected chi connectivity index (χ1v) is 9.06. The summed E-state index contributed by atoms with van der Waals surface area (Å²) in [6, 6.07) is 0.391. The Morgan fingerprint density at radius 2 is 1.60 bits per heavy atom. The van der Waals surface area contributed by atoms with Crippen LogP contribution < -0.4 is 5.32 Å². The molecule has 0 aliphatic rings. The summed E-state index contributed by atoms with van der Waals surface area (Å²) in [5, 5.41) is 3.34. The molecule has 0 fully saturated rings. The van der Waals surface area contributed by atoms with Crippen molar-refractivity contribution >= 4 is 11.7 Å². The molecular formula is C16H31N3S. The molecule has 0 saturated carbocycles. The number of aromatic nitrogens is 2. The highest BCUT2D eigenvalue weighted by atomic mass is 32.1. The molecule has 1 rings (SSSR count). The van der Waals surface area contributed by atoms with Gasteiger partial charge in [0.05, 0.1) is 29.7 Å². The van der Waals surface area contributed by atoms with Crippen LogP contribution in [0.4, 0.5) is 0 Å². The summed E-state index contributed by atoms with van der Waals surface area (Å²) < 4.78 is 8.40. The van der Waals surface area contributed by atoms with Crippen molar-refractivity contribution in [2.75, 3.05) is 7.05 Å². The molecule has 0 aromatic carbocycles. The van der Waals surface area contributed by atoms with Gasteiger partial charge in [0.2, 0.25) is 0 Å². The maximum Gasteiger partial charge on any atom is 0.0912 e. The van der Waals surface area contributed by atoms with Crippen molar-refractivity contribution in [3.8, 4) is 0 Å². The van der Waals surface area contributed by atoms with Gasteiger partial charge in [0, 0.05) is 0 Å². The van der Waals surface area contributed by atoms with Crippen LogP contribution in [-0.2, 0) is 0 Å². The molecule has 0 saturated heterocycles. The van der Waals surface area contributed by atoms with E-state index in [1.54, 1.807) is 0 Å². The molecule has 0 spiro atoms. The van der Waals surface area contributed by atoms with Crippen LogP contribution in [0, 0.1) is 0 Å². The van der Waals surface area contributed by atoms with E-state index in [9.17, 15) is 0 Å². The molecule has 116 valence electrons. The normalized spacial score (nSPS) is 12.7. The molecule has 4 heteroatoms. The van der Waals surface area contributed by atoms with E-state index >= 15 is 0 Å². The zero-order valence-corrected chi connectivity index (χ0v) is 14.1. The average molecular weight is 298 g/mol. The Bertz CT molecular complexity index is 301. The van der Waals surface area contributed by atoms with Gasteiger partial charge in [0.15, 0.2) is 0 Å². The van der Waals surface area contributed by atoms with E-state index in [4.69, 9.17) is 0 Å². The van der Waals surface area contributed by atoms with E-state index < -0.39 is 0 Å². The van der Waals surface area contributed by atoms with Crippen molar-refractivity contribution in [3.05, 3.63) is 11.9 Å². The number of unbranched alkanes of at least 4 members (excludes halogenated alkanes) is 9. The van der Waals surface area contributed by atoms with Gasteiger partial charge < -0.3 is 5.32 Å². The molecule has 0 aliphatic heterocycles. The standard InChI is InChI=1S/C16H31N3S/c1-3-4-5-6-7-8-9-10-11-12-13-15(17-2)16-14-18-20-19-16/h14-15,17H,3-13H2,1-2H3. The van der Waals surface area contributed by atoms with Gasteiger partial charge in [-0.2, -0.15) is 8.75 Å². The highest BCUT2D eigenvalue weighted by molar-refractivity contribution is 6.99. The lowest BCUT2D eigenvalue weighted by molar-refractivity contribution is 0.487. The number of hydrogen-bond donors (Lipinski definition) is 1. The van der Waals surface area contributed by atoms with Gasteiger partial charge in [-0.15, -0.1) is 0 Å². The lowest BCUT2D eigenvalue weighted by Crippen LogP contribution is -2.16. The van der Waals surface area contributed by atoms with Gasteiger partial charge in [-0.1, -0.05) is 71.1 Å². The van der Waals surface area contributed by atoms with Crippen molar-refractivity contribution in [1.29, 1.82) is 0 Å². The van der Waals surface area contributed by atoms with E-state index in [1.165, 1.54) is 82.4 Å². The Kier molecular flexibility index (Phi) is 10.8. The maximum absolute atomic E-state index is 4.32. The monoisotopic (exact) mass is 297 g/mol. The summed E-state index contributed by atoms with van der Waals surface area (Å²) in [4.78, 5) is 0. The predicted octanol–water partition coefficient (Wildman–Crippen LogP) is 5.11. The second-order valence-electron chi connectivity index (χ2n) is 5.64. The molecule has 0 amide bonds. The first-order valence-electron chi connectivity index (χ1n) is 8.33. The second kappa shape index (κ2) is 12.3. The summed E-state index contributed by atoms with van der Waals surface area (Å²) in [5.41, 5.74) is 1.11. The summed E-state index contributed by atoms with van der Waals surface area (Å²) >= 11 is 1.30. The third-order valence-corrected chi connectivity index (χ3v) is 4.42. The minimum absolute atomic E-state index is 0.391. The van der Waals surface area contributed by atoms with Crippen LogP contribution in [0.3, 0.4) is 0 Å². The molecule has 0 bridgehead atoms. The minimum atomic E-state index is 0.391. The molecule has 1 N–H and O–H groups in total. The molecule has 1 aromatic rings. The Morgan fingerprint density at radius 1 is 1.00 bits per heavy atom. The third-order valence-electron chi connectivity index (χ3n) is 3.93. The van der Waals surface area contributed by atoms with E-state index in [-0.39, 0.29) is 0 Å². The van der Waals surface area contributed by atoms with Crippen LogP contribution >= 0.6 is 11.7 Å². The average Bonchev–Trinajstić information content (AvgIpc) is 2.99. The van der Waals surface area contributed by atoms with Crippen LogP contribution in [0.25, 0.3) is 0 Å². The summed E-state index contributed by atoms with van der Waals surface area (Å²) in [6.07, 6.45) is 17.0. The van der Waals surface area contributed by atoms with Gasteiger partial charge >= 0.3 is 0 Å². The molecule has 1 aromatic heterocycles. The van der Waals surface area contributed by atoms with Crippen LogP contribution in [-0.4, -0.2) is 15.8 Å². The van der Waals surface area contributed by atoms with E-state index in [0.29, 0.717) is 6.04 Å². The molecule has 1 atom stereocenters.